The molecule has 0 saturated heterocycles. The first-order valence-electron chi connectivity index (χ1n) is 10.3. The SMILES string of the molecule is CC(C)S(=O)(=O)c1ccc(C(=O)Nc2cc(C(C)(C)C)nn2Cc2ccccc2)cc1. The normalized spacial score (nSPS) is 12.2. The molecule has 0 fully saturated rings. The highest BCUT2D eigenvalue weighted by atomic mass is 32.2. The summed E-state index contributed by atoms with van der Waals surface area (Å²) in [5, 5.41) is 7.13. The predicted octanol–water partition coefficient (Wildman–Crippen LogP) is 4.66. The molecule has 164 valence electrons. The number of rotatable bonds is 6. The van der Waals surface area contributed by atoms with E-state index in [1.54, 1.807) is 18.5 Å². The number of nitrogens with zero attached hydrogens (tertiary/aromatic N) is 2. The first kappa shape index (κ1) is 22.7. The lowest BCUT2D eigenvalue weighted by Gasteiger charge is -2.14. The van der Waals surface area contributed by atoms with E-state index in [-0.39, 0.29) is 16.2 Å². The van der Waals surface area contributed by atoms with Crippen molar-refractivity contribution in [3.63, 3.8) is 0 Å². The quantitative estimate of drug-likeness (QED) is 0.605. The van der Waals surface area contributed by atoms with Crippen LogP contribution in [-0.2, 0) is 21.8 Å². The van der Waals surface area contributed by atoms with Gasteiger partial charge in [-0.05, 0) is 43.7 Å². The molecule has 0 aliphatic rings. The van der Waals surface area contributed by atoms with Gasteiger partial charge in [-0.2, -0.15) is 5.10 Å². The Morgan fingerprint density at radius 2 is 1.65 bits per heavy atom. The molecule has 0 saturated carbocycles. The smallest absolute Gasteiger partial charge is 0.256 e. The molecule has 1 aromatic heterocycles. The lowest BCUT2D eigenvalue weighted by Crippen LogP contribution is -2.17. The number of carbonyl (C=O) groups excluding carboxylic acids is 1. The number of hydrogen-bond donors (Lipinski definition) is 1. The Morgan fingerprint density at radius 1 is 1.03 bits per heavy atom. The van der Waals surface area contributed by atoms with Gasteiger partial charge >= 0.3 is 0 Å². The van der Waals surface area contributed by atoms with Gasteiger partial charge in [-0.15, -0.1) is 0 Å². The third-order valence-electron chi connectivity index (χ3n) is 5.03. The van der Waals surface area contributed by atoms with Crippen LogP contribution in [0, 0.1) is 0 Å². The van der Waals surface area contributed by atoms with Gasteiger partial charge in [-0.25, -0.2) is 13.1 Å². The molecule has 0 radical (unpaired) electrons. The van der Waals surface area contributed by atoms with Crippen LogP contribution in [0.5, 0.6) is 0 Å². The maximum atomic E-state index is 12.9. The van der Waals surface area contributed by atoms with Gasteiger partial charge in [0.05, 0.1) is 22.4 Å². The molecule has 1 amide bonds. The minimum atomic E-state index is -3.38. The van der Waals surface area contributed by atoms with Gasteiger partial charge < -0.3 is 5.32 Å². The van der Waals surface area contributed by atoms with Gasteiger partial charge in [0.2, 0.25) is 0 Å². The molecule has 6 nitrogen and oxygen atoms in total. The van der Waals surface area contributed by atoms with E-state index in [4.69, 9.17) is 5.10 Å². The predicted molar refractivity (Wildman–Crippen MR) is 123 cm³/mol. The summed E-state index contributed by atoms with van der Waals surface area (Å²) in [5.41, 5.74) is 2.16. The summed E-state index contributed by atoms with van der Waals surface area (Å²) >= 11 is 0. The number of nitrogens with one attached hydrogen (secondary N) is 1. The second-order valence-corrected chi connectivity index (χ2v) is 11.4. The van der Waals surface area contributed by atoms with Crippen molar-refractivity contribution >= 4 is 21.6 Å². The van der Waals surface area contributed by atoms with Crippen molar-refractivity contribution in [3.05, 3.63) is 77.5 Å². The summed E-state index contributed by atoms with van der Waals surface area (Å²) in [6.45, 7) is 10.0. The molecule has 0 aliphatic carbocycles. The van der Waals surface area contributed by atoms with Crippen molar-refractivity contribution in [2.45, 2.75) is 56.7 Å². The Bertz CT molecular complexity index is 1160. The third-order valence-corrected chi connectivity index (χ3v) is 7.20. The van der Waals surface area contributed by atoms with E-state index in [0.717, 1.165) is 11.3 Å². The monoisotopic (exact) mass is 439 g/mol. The molecule has 31 heavy (non-hydrogen) atoms. The Balaban J connectivity index is 1.87. The summed E-state index contributed by atoms with van der Waals surface area (Å²) in [5.74, 6) is 0.279. The van der Waals surface area contributed by atoms with E-state index in [9.17, 15) is 13.2 Å². The molecule has 0 unspecified atom stereocenters. The van der Waals surface area contributed by atoms with E-state index in [1.807, 2.05) is 36.4 Å². The van der Waals surface area contributed by atoms with Gasteiger partial charge in [0.15, 0.2) is 9.84 Å². The Labute approximate surface area is 184 Å². The lowest BCUT2D eigenvalue weighted by atomic mass is 9.92. The highest BCUT2D eigenvalue weighted by molar-refractivity contribution is 7.92. The second-order valence-electron chi connectivity index (χ2n) is 8.88. The average Bonchev–Trinajstić information content (AvgIpc) is 3.11. The second kappa shape index (κ2) is 8.67. The van der Waals surface area contributed by atoms with Crippen molar-refractivity contribution in [3.8, 4) is 0 Å². The summed E-state index contributed by atoms with van der Waals surface area (Å²) in [6, 6.07) is 17.8. The van der Waals surface area contributed by atoms with Crippen molar-refractivity contribution in [1.82, 2.24) is 9.78 Å². The molecule has 7 heteroatoms. The van der Waals surface area contributed by atoms with Crippen molar-refractivity contribution in [2.24, 2.45) is 0 Å². The zero-order chi connectivity index (χ0) is 22.8. The van der Waals surface area contributed by atoms with Gasteiger partial charge in [-0.1, -0.05) is 51.1 Å². The van der Waals surface area contributed by atoms with E-state index < -0.39 is 15.1 Å². The molecule has 3 rings (SSSR count). The summed E-state index contributed by atoms with van der Waals surface area (Å²) < 4.78 is 26.4. The van der Waals surface area contributed by atoms with Gasteiger partial charge in [0.1, 0.15) is 5.82 Å². The van der Waals surface area contributed by atoms with Crippen molar-refractivity contribution in [2.75, 3.05) is 5.32 Å². The summed E-state index contributed by atoms with van der Waals surface area (Å²) in [7, 11) is -3.38. The van der Waals surface area contributed by atoms with Crippen LogP contribution in [0.15, 0.2) is 65.6 Å². The zero-order valence-electron chi connectivity index (χ0n) is 18.6. The van der Waals surface area contributed by atoms with E-state index in [2.05, 4.69) is 26.1 Å². The molecular formula is C24H29N3O3S. The minimum absolute atomic E-state index is 0.172. The largest absolute Gasteiger partial charge is 0.307 e. The Morgan fingerprint density at radius 3 is 2.19 bits per heavy atom. The average molecular weight is 440 g/mol. The molecule has 0 bridgehead atoms. The molecule has 3 aromatic rings. The summed E-state index contributed by atoms with van der Waals surface area (Å²) in [4.78, 5) is 13.1. The first-order valence-corrected chi connectivity index (χ1v) is 11.8. The van der Waals surface area contributed by atoms with E-state index in [1.165, 1.54) is 24.3 Å². The van der Waals surface area contributed by atoms with Crippen LogP contribution in [0.2, 0.25) is 0 Å². The number of benzene rings is 2. The van der Waals surface area contributed by atoms with Crippen LogP contribution in [0.1, 0.15) is 56.2 Å². The van der Waals surface area contributed by atoms with Crippen LogP contribution in [0.3, 0.4) is 0 Å². The van der Waals surface area contributed by atoms with Crippen molar-refractivity contribution in [1.29, 1.82) is 0 Å². The fourth-order valence-corrected chi connectivity index (χ4v) is 4.08. The van der Waals surface area contributed by atoms with E-state index in [0.29, 0.717) is 17.9 Å². The van der Waals surface area contributed by atoms with Crippen molar-refractivity contribution < 1.29 is 13.2 Å². The number of sulfone groups is 1. The maximum Gasteiger partial charge on any atom is 0.256 e. The third kappa shape index (κ3) is 5.22. The Kier molecular flexibility index (Phi) is 6.36. The molecule has 0 spiro atoms. The molecule has 0 aliphatic heterocycles. The van der Waals surface area contributed by atoms with Crippen LogP contribution < -0.4 is 5.32 Å². The summed E-state index contributed by atoms with van der Waals surface area (Å²) in [6.07, 6.45) is 0. The Hall–Kier alpha value is -2.93. The number of hydrogen-bond acceptors (Lipinski definition) is 4. The minimum Gasteiger partial charge on any atom is -0.307 e. The lowest BCUT2D eigenvalue weighted by molar-refractivity contribution is 0.102. The topological polar surface area (TPSA) is 81.1 Å². The molecule has 2 aromatic carbocycles. The highest BCUT2D eigenvalue weighted by Crippen LogP contribution is 2.25. The number of amides is 1. The van der Waals surface area contributed by atoms with Crippen LogP contribution in [-0.4, -0.2) is 29.4 Å². The van der Waals surface area contributed by atoms with Gasteiger partial charge in [0, 0.05) is 17.0 Å². The fraction of sp³-hybridized carbons (Fsp3) is 0.333. The van der Waals surface area contributed by atoms with Gasteiger partial charge in [-0.3, -0.25) is 4.79 Å². The number of aromatic nitrogens is 2. The molecule has 1 N–H and O–H groups in total. The van der Waals surface area contributed by atoms with Crippen LogP contribution >= 0.6 is 0 Å². The highest BCUT2D eigenvalue weighted by Gasteiger charge is 2.22. The molecule has 0 atom stereocenters. The van der Waals surface area contributed by atoms with Crippen LogP contribution in [0.4, 0.5) is 5.82 Å². The maximum absolute atomic E-state index is 12.9. The molecular weight excluding hydrogens is 410 g/mol. The van der Waals surface area contributed by atoms with Crippen LogP contribution in [0.25, 0.3) is 0 Å². The van der Waals surface area contributed by atoms with Gasteiger partial charge in [0.25, 0.3) is 5.91 Å². The fourth-order valence-electron chi connectivity index (χ4n) is 3.02. The zero-order valence-corrected chi connectivity index (χ0v) is 19.4. The van der Waals surface area contributed by atoms with E-state index >= 15 is 0 Å². The first-order chi connectivity index (χ1) is 14.5. The molecule has 1 heterocycles. The number of carbonyl (C=O) groups is 1. The number of anilines is 1. The standard InChI is InChI=1S/C24H29N3O3S/c1-17(2)31(29,30)20-13-11-19(12-14-20)23(28)25-22-15-21(24(3,4)5)26-27(22)16-18-9-7-6-8-10-18/h6-15,17H,16H2,1-5H3,(H,25,28).